The van der Waals surface area contributed by atoms with Crippen molar-refractivity contribution >= 4 is 40.5 Å². The number of aliphatic carboxylic acids is 1. The van der Waals surface area contributed by atoms with E-state index in [-0.39, 0.29) is 23.8 Å². The second-order valence-electron chi connectivity index (χ2n) is 9.19. The lowest BCUT2D eigenvalue weighted by Gasteiger charge is -2.43. The zero-order valence-electron chi connectivity index (χ0n) is 20.2. The van der Waals surface area contributed by atoms with E-state index in [9.17, 15) is 14.3 Å². The molecular weight excluding hydrogens is 500 g/mol. The van der Waals surface area contributed by atoms with Crippen LogP contribution in [0.25, 0.3) is 0 Å². The summed E-state index contributed by atoms with van der Waals surface area (Å²) in [6, 6.07) is 15.5. The van der Waals surface area contributed by atoms with E-state index in [0.717, 1.165) is 5.69 Å². The van der Waals surface area contributed by atoms with Crippen LogP contribution in [0, 0.1) is 17.6 Å². The van der Waals surface area contributed by atoms with Gasteiger partial charge in [-0.3, -0.25) is 4.79 Å². The molecule has 1 unspecified atom stereocenters. The van der Waals surface area contributed by atoms with Crippen LogP contribution in [0.3, 0.4) is 0 Å². The topological polar surface area (TPSA) is 65.4 Å². The smallest absolute Gasteiger partial charge is 0.305 e. The Kier molecular flexibility index (Phi) is 7.02. The molecule has 1 saturated heterocycles. The number of piperidine rings is 1. The number of hydrogen-bond donors (Lipinski definition) is 1. The van der Waals surface area contributed by atoms with Gasteiger partial charge in [0.25, 0.3) is 0 Å². The predicted octanol–water partition coefficient (Wildman–Crippen LogP) is 6.61. The molecule has 37 heavy (non-hydrogen) atoms. The molecule has 6 nitrogen and oxygen atoms in total. The Balaban J connectivity index is 1.58. The number of amidine groups is 1. The van der Waals surface area contributed by atoms with Gasteiger partial charge in [0.2, 0.25) is 0 Å². The van der Waals surface area contributed by atoms with Gasteiger partial charge in [0.15, 0.2) is 0 Å². The highest BCUT2D eigenvalue weighted by molar-refractivity contribution is 6.31. The van der Waals surface area contributed by atoms with Crippen LogP contribution >= 0.6 is 11.6 Å². The molecule has 0 radical (unpaired) electrons. The minimum Gasteiger partial charge on any atom is -0.495 e. The summed E-state index contributed by atoms with van der Waals surface area (Å²) in [5.74, 6) is -0.835. The molecule has 5 rings (SSSR count). The molecule has 0 amide bonds. The van der Waals surface area contributed by atoms with Crippen molar-refractivity contribution in [3.8, 4) is 5.75 Å². The molecule has 3 aromatic carbocycles. The normalized spacial score (nSPS) is 17.8. The Morgan fingerprint density at radius 2 is 1.86 bits per heavy atom. The lowest BCUT2D eigenvalue weighted by molar-refractivity contribution is -0.137. The number of anilines is 2. The second kappa shape index (κ2) is 10.4. The third-order valence-electron chi connectivity index (χ3n) is 6.96. The number of carboxylic acid groups (broad SMARTS) is 1. The minimum atomic E-state index is -1.02. The molecule has 1 N–H and O–H groups in total. The van der Waals surface area contributed by atoms with Crippen molar-refractivity contribution in [2.24, 2.45) is 10.9 Å². The number of benzene rings is 3. The molecule has 0 aromatic heterocycles. The van der Waals surface area contributed by atoms with E-state index in [4.69, 9.17) is 21.3 Å². The van der Waals surface area contributed by atoms with Gasteiger partial charge in [0.05, 0.1) is 25.3 Å². The maximum Gasteiger partial charge on any atom is 0.305 e. The third-order valence-corrected chi connectivity index (χ3v) is 7.20. The summed E-state index contributed by atoms with van der Waals surface area (Å²) < 4.78 is 34.4. The Bertz CT molecular complexity index is 1360. The number of para-hydroxylation sites is 1. The molecule has 0 saturated carbocycles. The van der Waals surface area contributed by atoms with Crippen LogP contribution < -0.4 is 14.5 Å². The number of hydrogen-bond acceptors (Lipinski definition) is 5. The third kappa shape index (κ3) is 4.98. The van der Waals surface area contributed by atoms with E-state index in [1.165, 1.54) is 25.3 Å². The minimum absolute atomic E-state index is 0.0995. The SMILES string of the molecule is COc1ccc(Cl)cc1N1C(C2CCN(c3cccc(F)c3)CC2)=Nc2c(F)cccc2C1CC(=O)O. The molecule has 0 aliphatic carbocycles. The molecule has 0 spiro atoms. The van der Waals surface area contributed by atoms with E-state index in [0.29, 0.717) is 53.8 Å². The Morgan fingerprint density at radius 3 is 2.57 bits per heavy atom. The summed E-state index contributed by atoms with van der Waals surface area (Å²) in [5.41, 5.74) is 2.03. The maximum absolute atomic E-state index is 15.0. The number of aliphatic imine (C=N–C) groups is 1. The highest BCUT2D eigenvalue weighted by Crippen LogP contribution is 2.46. The van der Waals surface area contributed by atoms with Gasteiger partial charge >= 0.3 is 5.97 Å². The first-order chi connectivity index (χ1) is 17.9. The molecular formula is C28H26ClF2N3O3. The van der Waals surface area contributed by atoms with Crippen LogP contribution in [0.2, 0.25) is 5.02 Å². The number of rotatable bonds is 6. The number of halogens is 3. The van der Waals surface area contributed by atoms with Gasteiger partial charge in [-0.1, -0.05) is 29.8 Å². The number of carbonyl (C=O) groups is 1. The molecule has 9 heteroatoms. The van der Waals surface area contributed by atoms with Crippen molar-refractivity contribution in [2.45, 2.75) is 25.3 Å². The van der Waals surface area contributed by atoms with Crippen molar-refractivity contribution in [2.75, 3.05) is 30.0 Å². The van der Waals surface area contributed by atoms with Gasteiger partial charge in [0.1, 0.15) is 28.9 Å². The molecule has 0 bridgehead atoms. The fourth-order valence-corrected chi connectivity index (χ4v) is 5.42. The van der Waals surface area contributed by atoms with Gasteiger partial charge in [-0.15, -0.1) is 0 Å². The highest BCUT2D eigenvalue weighted by atomic mass is 35.5. The van der Waals surface area contributed by atoms with Gasteiger partial charge in [0, 0.05) is 35.3 Å². The Hall–Kier alpha value is -3.65. The molecule has 3 aromatic rings. The molecule has 2 heterocycles. The van der Waals surface area contributed by atoms with E-state index >= 15 is 4.39 Å². The van der Waals surface area contributed by atoms with E-state index < -0.39 is 17.8 Å². The lowest BCUT2D eigenvalue weighted by atomic mass is 9.89. The molecule has 1 fully saturated rings. The molecule has 2 aliphatic heterocycles. The van der Waals surface area contributed by atoms with Crippen LogP contribution in [0.4, 0.5) is 25.8 Å². The fourth-order valence-electron chi connectivity index (χ4n) is 5.25. The van der Waals surface area contributed by atoms with Crippen molar-refractivity contribution in [3.05, 3.63) is 82.9 Å². The van der Waals surface area contributed by atoms with Crippen LogP contribution in [-0.2, 0) is 4.79 Å². The number of methoxy groups -OCH3 is 1. The van der Waals surface area contributed by atoms with Crippen LogP contribution in [0.15, 0.2) is 65.7 Å². The fraction of sp³-hybridized carbons (Fsp3) is 0.286. The first-order valence-corrected chi connectivity index (χ1v) is 12.5. The Labute approximate surface area is 218 Å². The van der Waals surface area contributed by atoms with E-state index in [1.54, 1.807) is 36.4 Å². The average Bonchev–Trinajstić information content (AvgIpc) is 2.89. The lowest BCUT2D eigenvalue weighted by Crippen LogP contribution is -2.46. The first-order valence-electron chi connectivity index (χ1n) is 12.1. The predicted molar refractivity (Wildman–Crippen MR) is 140 cm³/mol. The van der Waals surface area contributed by atoms with Crippen molar-refractivity contribution in [3.63, 3.8) is 0 Å². The number of carboxylic acids is 1. The molecule has 2 aliphatic rings. The summed E-state index contributed by atoms with van der Waals surface area (Å²) in [4.78, 5) is 20.8. The summed E-state index contributed by atoms with van der Waals surface area (Å²) >= 11 is 6.37. The highest BCUT2D eigenvalue weighted by Gasteiger charge is 2.39. The monoisotopic (exact) mass is 525 g/mol. The maximum atomic E-state index is 15.0. The Morgan fingerprint density at radius 1 is 1.11 bits per heavy atom. The zero-order valence-corrected chi connectivity index (χ0v) is 21.0. The zero-order chi connectivity index (χ0) is 26.1. The summed E-state index contributed by atoms with van der Waals surface area (Å²) in [5, 5.41) is 10.3. The first kappa shape index (κ1) is 25.0. The van der Waals surface area contributed by atoms with Crippen molar-refractivity contribution < 1.29 is 23.4 Å². The largest absolute Gasteiger partial charge is 0.495 e. The molecule has 1 atom stereocenters. The van der Waals surface area contributed by atoms with Gasteiger partial charge < -0.3 is 19.6 Å². The van der Waals surface area contributed by atoms with Crippen molar-refractivity contribution in [1.29, 1.82) is 0 Å². The summed E-state index contributed by atoms with van der Waals surface area (Å²) in [6.07, 6.45) is 1.06. The van der Waals surface area contributed by atoms with E-state index in [1.807, 2.05) is 11.0 Å². The number of fused-ring (bicyclic) bond motifs is 1. The standard InChI is InChI=1S/C28H26ClF2N3O3/c1-37-25-9-8-18(29)14-24(25)34-23(16-26(35)36)21-6-3-7-22(31)27(21)32-28(34)17-10-12-33(13-11-17)20-5-2-4-19(30)15-20/h2-9,14-15,17,23H,10-13,16H2,1H3,(H,35,36). The average molecular weight is 526 g/mol. The summed E-state index contributed by atoms with van der Waals surface area (Å²) in [7, 11) is 1.53. The van der Waals surface area contributed by atoms with Gasteiger partial charge in [-0.2, -0.15) is 0 Å². The number of nitrogens with zero attached hydrogens (tertiary/aromatic N) is 3. The van der Waals surface area contributed by atoms with Crippen LogP contribution in [0.1, 0.15) is 30.9 Å². The number of ether oxygens (including phenoxy) is 1. The van der Waals surface area contributed by atoms with Crippen molar-refractivity contribution in [1.82, 2.24) is 0 Å². The van der Waals surface area contributed by atoms with E-state index in [2.05, 4.69) is 4.90 Å². The second-order valence-corrected chi connectivity index (χ2v) is 9.63. The van der Waals surface area contributed by atoms with Crippen LogP contribution in [-0.4, -0.2) is 37.1 Å². The summed E-state index contributed by atoms with van der Waals surface area (Å²) in [6.45, 7) is 1.28. The van der Waals surface area contributed by atoms with Gasteiger partial charge in [-0.25, -0.2) is 13.8 Å². The quantitative estimate of drug-likeness (QED) is 0.392. The van der Waals surface area contributed by atoms with Gasteiger partial charge in [-0.05, 0) is 55.3 Å². The molecule has 192 valence electrons. The van der Waals surface area contributed by atoms with Crippen LogP contribution in [0.5, 0.6) is 5.75 Å².